The Hall–Kier alpha value is -0.940. The van der Waals surface area contributed by atoms with Crippen LogP contribution in [0.5, 0.6) is 5.75 Å². The lowest BCUT2D eigenvalue weighted by atomic mass is 9.82. The van der Waals surface area contributed by atoms with Crippen LogP contribution in [0.3, 0.4) is 0 Å². The first-order valence-electron chi connectivity index (χ1n) is 6.08. The average Bonchev–Trinajstić information content (AvgIpc) is 2.31. The van der Waals surface area contributed by atoms with Gasteiger partial charge in [-0.05, 0) is 55.4 Å². The van der Waals surface area contributed by atoms with Crippen molar-refractivity contribution < 1.29 is 23.0 Å². The Morgan fingerprint density at radius 1 is 1.16 bits per heavy atom. The molecule has 0 atom stereocenters. The Balaban J connectivity index is 2.24. The first-order chi connectivity index (χ1) is 8.85. The van der Waals surface area contributed by atoms with Gasteiger partial charge < -0.3 is 9.84 Å². The van der Waals surface area contributed by atoms with Crippen molar-refractivity contribution in [3.63, 3.8) is 0 Å². The van der Waals surface area contributed by atoms with E-state index in [9.17, 15) is 18.3 Å². The summed E-state index contributed by atoms with van der Waals surface area (Å²) in [5, 5.41) is 9.83. The molecule has 1 aromatic carbocycles. The van der Waals surface area contributed by atoms with Crippen LogP contribution < -0.4 is 4.74 Å². The Kier molecular flexibility index (Phi) is 4.26. The Labute approximate surface area is 114 Å². The van der Waals surface area contributed by atoms with Gasteiger partial charge >= 0.3 is 6.36 Å². The summed E-state index contributed by atoms with van der Waals surface area (Å²) in [6, 6.07) is 4.14. The van der Waals surface area contributed by atoms with Crippen LogP contribution in [0.25, 0.3) is 0 Å². The molecule has 106 valence electrons. The zero-order valence-corrected chi connectivity index (χ0v) is 10.8. The van der Waals surface area contributed by atoms with E-state index in [0.29, 0.717) is 36.3 Å². The number of aliphatic hydroxyl groups excluding tert-OH is 1. The van der Waals surface area contributed by atoms with Gasteiger partial charge in [-0.2, -0.15) is 0 Å². The minimum Gasteiger partial charge on any atom is -0.405 e. The van der Waals surface area contributed by atoms with Crippen LogP contribution in [-0.2, 0) is 0 Å². The van der Waals surface area contributed by atoms with E-state index in [-0.39, 0.29) is 17.8 Å². The maximum atomic E-state index is 12.4. The Morgan fingerprint density at radius 2 is 1.79 bits per heavy atom. The summed E-state index contributed by atoms with van der Waals surface area (Å²) < 4.78 is 41.1. The molecule has 0 spiro atoms. The number of benzene rings is 1. The molecule has 2 rings (SSSR count). The molecule has 0 unspecified atom stereocenters. The molecular formula is C13H14ClF3O2. The second kappa shape index (κ2) is 5.59. The van der Waals surface area contributed by atoms with Crippen molar-refractivity contribution in [3.05, 3.63) is 28.8 Å². The van der Waals surface area contributed by atoms with E-state index in [1.807, 2.05) is 0 Å². The van der Waals surface area contributed by atoms with Crippen LogP contribution in [0.4, 0.5) is 13.2 Å². The predicted molar refractivity (Wildman–Crippen MR) is 65.4 cm³/mol. The molecule has 0 bridgehead atoms. The SMILES string of the molecule is O[C@H]1CC[C@H](c2cc(Cl)ccc2OC(F)(F)F)CC1. The van der Waals surface area contributed by atoms with Crippen molar-refractivity contribution >= 4 is 11.6 Å². The highest BCUT2D eigenvalue weighted by Gasteiger charge is 2.33. The molecule has 0 saturated heterocycles. The molecule has 19 heavy (non-hydrogen) atoms. The lowest BCUT2D eigenvalue weighted by Crippen LogP contribution is -2.21. The van der Waals surface area contributed by atoms with Gasteiger partial charge in [0.25, 0.3) is 0 Å². The maximum absolute atomic E-state index is 12.4. The van der Waals surface area contributed by atoms with E-state index in [1.165, 1.54) is 18.2 Å². The van der Waals surface area contributed by atoms with Crippen molar-refractivity contribution in [2.75, 3.05) is 0 Å². The van der Waals surface area contributed by atoms with Crippen molar-refractivity contribution in [2.24, 2.45) is 0 Å². The van der Waals surface area contributed by atoms with Gasteiger partial charge in [-0.3, -0.25) is 0 Å². The molecule has 1 saturated carbocycles. The molecule has 1 N–H and O–H groups in total. The van der Waals surface area contributed by atoms with Gasteiger partial charge in [-0.15, -0.1) is 13.2 Å². The van der Waals surface area contributed by atoms with Gasteiger partial charge in [0.2, 0.25) is 0 Å². The monoisotopic (exact) mass is 294 g/mol. The van der Waals surface area contributed by atoms with Crippen LogP contribution >= 0.6 is 11.6 Å². The largest absolute Gasteiger partial charge is 0.573 e. The maximum Gasteiger partial charge on any atom is 0.573 e. The second-order valence-electron chi connectivity index (χ2n) is 4.74. The zero-order valence-electron chi connectivity index (χ0n) is 10.1. The van der Waals surface area contributed by atoms with Crippen LogP contribution in [-0.4, -0.2) is 17.6 Å². The topological polar surface area (TPSA) is 29.5 Å². The molecule has 0 amide bonds. The molecule has 0 aliphatic heterocycles. The minimum absolute atomic E-state index is 0.0561. The fourth-order valence-electron chi connectivity index (χ4n) is 2.44. The van der Waals surface area contributed by atoms with Gasteiger partial charge in [-0.25, -0.2) is 0 Å². The smallest absolute Gasteiger partial charge is 0.405 e. The number of ether oxygens (including phenoxy) is 1. The molecule has 0 heterocycles. The van der Waals surface area contributed by atoms with E-state index in [4.69, 9.17) is 11.6 Å². The first kappa shape index (κ1) is 14.5. The minimum atomic E-state index is -4.71. The molecule has 1 aliphatic carbocycles. The van der Waals surface area contributed by atoms with Gasteiger partial charge in [0.05, 0.1) is 6.10 Å². The number of halogens is 4. The predicted octanol–water partition coefficient (Wildman–Crippen LogP) is 4.26. The third-order valence-corrected chi connectivity index (χ3v) is 3.57. The standard InChI is InChI=1S/C13H14ClF3O2/c14-9-3-6-12(19-13(15,16)17)11(7-9)8-1-4-10(18)5-2-8/h3,6-8,10,18H,1-2,4-5H2/t8-,10-. The van der Waals surface area contributed by atoms with Crippen LogP contribution in [0.1, 0.15) is 37.2 Å². The molecule has 1 fully saturated rings. The summed E-state index contributed by atoms with van der Waals surface area (Å²) in [4.78, 5) is 0. The van der Waals surface area contributed by atoms with Gasteiger partial charge in [0.15, 0.2) is 0 Å². The second-order valence-corrected chi connectivity index (χ2v) is 5.17. The van der Waals surface area contributed by atoms with E-state index in [0.717, 1.165) is 0 Å². The lowest BCUT2D eigenvalue weighted by molar-refractivity contribution is -0.275. The third-order valence-electron chi connectivity index (χ3n) is 3.33. The molecule has 2 nitrogen and oxygen atoms in total. The number of rotatable bonds is 2. The van der Waals surface area contributed by atoms with Gasteiger partial charge in [0.1, 0.15) is 5.75 Å². The summed E-state index contributed by atoms with van der Waals surface area (Å²) >= 11 is 5.85. The molecule has 0 radical (unpaired) electrons. The summed E-state index contributed by atoms with van der Waals surface area (Å²) in [6.07, 6.45) is -2.63. The van der Waals surface area contributed by atoms with Crippen molar-refractivity contribution in [3.8, 4) is 5.75 Å². The summed E-state index contributed by atoms with van der Waals surface area (Å²) in [6.45, 7) is 0. The molecule has 6 heteroatoms. The van der Waals surface area contributed by atoms with Gasteiger partial charge in [-0.1, -0.05) is 11.6 Å². The van der Waals surface area contributed by atoms with Crippen molar-refractivity contribution in [1.82, 2.24) is 0 Å². The van der Waals surface area contributed by atoms with Crippen LogP contribution in [0.2, 0.25) is 5.02 Å². The van der Waals surface area contributed by atoms with E-state index in [1.54, 1.807) is 0 Å². The normalized spacial score (nSPS) is 24.3. The quantitative estimate of drug-likeness (QED) is 0.883. The number of hydrogen-bond donors (Lipinski definition) is 1. The highest BCUT2D eigenvalue weighted by Crippen LogP contribution is 2.40. The summed E-state index contributed by atoms with van der Waals surface area (Å²) in [5.41, 5.74) is 0.469. The molecular weight excluding hydrogens is 281 g/mol. The fourth-order valence-corrected chi connectivity index (χ4v) is 2.62. The number of aliphatic hydroxyl groups is 1. The lowest BCUT2D eigenvalue weighted by Gasteiger charge is -2.27. The highest BCUT2D eigenvalue weighted by molar-refractivity contribution is 6.30. The highest BCUT2D eigenvalue weighted by atomic mass is 35.5. The van der Waals surface area contributed by atoms with E-state index < -0.39 is 6.36 Å². The van der Waals surface area contributed by atoms with E-state index in [2.05, 4.69) is 4.74 Å². The fraction of sp³-hybridized carbons (Fsp3) is 0.538. The van der Waals surface area contributed by atoms with Gasteiger partial charge in [0, 0.05) is 5.02 Å². The average molecular weight is 295 g/mol. The molecule has 0 aromatic heterocycles. The number of hydrogen-bond acceptors (Lipinski definition) is 2. The van der Waals surface area contributed by atoms with Crippen molar-refractivity contribution in [1.29, 1.82) is 0 Å². The third kappa shape index (κ3) is 4.01. The molecule has 1 aromatic rings. The number of alkyl halides is 3. The van der Waals surface area contributed by atoms with Crippen molar-refractivity contribution in [2.45, 2.75) is 44.1 Å². The zero-order chi connectivity index (χ0) is 14.0. The first-order valence-corrected chi connectivity index (χ1v) is 6.46. The van der Waals surface area contributed by atoms with Crippen LogP contribution in [0.15, 0.2) is 18.2 Å². The van der Waals surface area contributed by atoms with Crippen LogP contribution in [0, 0.1) is 0 Å². The Bertz CT molecular complexity index is 440. The van der Waals surface area contributed by atoms with E-state index >= 15 is 0 Å². The molecule has 1 aliphatic rings. The summed E-state index contributed by atoms with van der Waals surface area (Å²) in [7, 11) is 0. The summed E-state index contributed by atoms with van der Waals surface area (Å²) in [5.74, 6) is -0.252. The Morgan fingerprint density at radius 3 is 2.37 bits per heavy atom.